The number of phosphoric acid groups is 2. The van der Waals surface area contributed by atoms with E-state index in [1.165, 1.54) is 231 Å². The van der Waals surface area contributed by atoms with Crippen molar-refractivity contribution in [2.45, 2.75) is 446 Å². The summed E-state index contributed by atoms with van der Waals surface area (Å²) in [5.41, 5.74) is 0. The Hall–Kier alpha value is -1.94. The highest BCUT2D eigenvalue weighted by Crippen LogP contribution is 2.45. The van der Waals surface area contributed by atoms with Crippen LogP contribution in [0, 0.1) is 17.8 Å². The third kappa shape index (κ3) is 74.7. The zero-order chi connectivity index (χ0) is 74.4. The molecule has 0 heterocycles. The summed E-state index contributed by atoms with van der Waals surface area (Å²) >= 11 is 0. The summed E-state index contributed by atoms with van der Waals surface area (Å²) in [6.07, 6.45) is 61.4. The lowest BCUT2D eigenvalue weighted by atomic mass is 9.99. The maximum absolute atomic E-state index is 13.1. The van der Waals surface area contributed by atoms with Gasteiger partial charge in [0.25, 0.3) is 0 Å². The summed E-state index contributed by atoms with van der Waals surface area (Å²) < 4.78 is 68.7. The van der Waals surface area contributed by atoms with Crippen LogP contribution in [0.2, 0.25) is 0 Å². The van der Waals surface area contributed by atoms with Gasteiger partial charge in [0.1, 0.15) is 19.3 Å². The van der Waals surface area contributed by atoms with Gasteiger partial charge in [-0.05, 0) is 43.4 Å². The van der Waals surface area contributed by atoms with E-state index in [1.54, 1.807) is 0 Å². The van der Waals surface area contributed by atoms with Gasteiger partial charge in [0.05, 0.1) is 26.4 Å². The number of unbranched alkanes of at least 4 members (excludes halogenated alkanes) is 47. The van der Waals surface area contributed by atoms with Crippen LogP contribution in [0.25, 0.3) is 0 Å². The summed E-state index contributed by atoms with van der Waals surface area (Å²) in [5.74, 6) is 0.139. The van der Waals surface area contributed by atoms with E-state index in [0.717, 1.165) is 108 Å². The van der Waals surface area contributed by atoms with Crippen LogP contribution in [0.15, 0.2) is 0 Å². The van der Waals surface area contributed by atoms with Crippen molar-refractivity contribution >= 4 is 39.5 Å². The molecule has 17 nitrogen and oxygen atoms in total. The summed E-state index contributed by atoms with van der Waals surface area (Å²) in [4.78, 5) is 73.0. The van der Waals surface area contributed by atoms with Crippen LogP contribution in [0.1, 0.15) is 427 Å². The highest BCUT2D eigenvalue weighted by Gasteiger charge is 2.30. The van der Waals surface area contributed by atoms with E-state index in [-0.39, 0.29) is 25.7 Å². The molecule has 0 aliphatic heterocycles. The number of hydrogen-bond acceptors (Lipinski definition) is 15. The first-order chi connectivity index (χ1) is 48.8. The van der Waals surface area contributed by atoms with E-state index in [1.807, 2.05) is 0 Å². The van der Waals surface area contributed by atoms with E-state index in [0.29, 0.717) is 31.6 Å². The fourth-order valence-electron chi connectivity index (χ4n) is 12.6. The maximum Gasteiger partial charge on any atom is 0.472 e. The second kappa shape index (κ2) is 72.3. The molecule has 3 unspecified atom stereocenters. The highest BCUT2D eigenvalue weighted by atomic mass is 31.2. The van der Waals surface area contributed by atoms with Crippen molar-refractivity contribution in [3.05, 3.63) is 0 Å². The van der Waals surface area contributed by atoms with Crippen LogP contribution in [0.3, 0.4) is 0 Å². The van der Waals surface area contributed by atoms with Gasteiger partial charge in [-0.1, -0.05) is 376 Å². The molecule has 19 heteroatoms. The van der Waals surface area contributed by atoms with Gasteiger partial charge in [0, 0.05) is 25.7 Å². The summed E-state index contributed by atoms with van der Waals surface area (Å²) in [6.45, 7) is 11.9. The number of rotatable bonds is 80. The lowest BCUT2D eigenvalue weighted by Crippen LogP contribution is -2.30. The highest BCUT2D eigenvalue weighted by molar-refractivity contribution is 7.47. The molecule has 0 rings (SSSR count). The Kier molecular flexibility index (Phi) is 70.9. The minimum Gasteiger partial charge on any atom is -0.462 e. The third-order valence-corrected chi connectivity index (χ3v) is 21.4. The topological polar surface area (TPSA) is 237 Å². The molecule has 0 amide bonds. The molecule has 0 saturated carbocycles. The standard InChI is InChI=1S/C82H160O17P2/c1-8-10-11-12-13-14-15-16-17-18-19-20-21-22-23-26-30-33-36-42-51-58-65-81(86)98-77(69-92-79(84)63-56-49-41-35-32-29-27-24-25-28-31-34-39-46-53-60-73(3)4)71-96-100(88,89)94-67-76(83)68-95-101(90,91)97-72-78(70-93-80(85)64-57-50-45-44-47-54-61-74(5)6)99-82(87)66-59-52-43-38-37-40-48-55-62-75(7)9-2/h73-78,83H,8-72H2,1-7H3,(H,88,89)(H,90,91)/t75?,76-,77-,78-/m1/s1. The largest absolute Gasteiger partial charge is 0.472 e. The van der Waals surface area contributed by atoms with Crippen molar-refractivity contribution in [3.8, 4) is 0 Å². The Morgan fingerprint density at radius 3 is 0.752 bits per heavy atom. The van der Waals surface area contributed by atoms with Gasteiger partial charge in [0.15, 0.2) is 12.2 Å². The monoisotopic (exact) mass is 1480 g/mol. The van der Waals surface area contributed by atoms with E-state index in [4.69, 9.17) is 37.0 Å². The van der Waals surface area contributed by atoms with Crippen molar-refractivity contribution in [2.75, 3.05) is 39.6 Å². The number of aliphatic hydroxyl groups is 1. The summed E-state index contributed by atoms with van der Waals surface area (Å²) in [7, 11) is -9.92. The van der Waals surface area contributed by atoms with E-state index in [9.17, 15) is 43.2 Å². The first kappa shape index (κ1) is 99.1. The van der Waals surface area contributed by atoms with Crippen molar-refractivity contribution in [1.82, 2.24) is 0 Å². The van der Waals surface area contributed by atoms with Crippen LogP contribution in [0.4, 0.5) is 0 Å². The molecule has 0 fully saturated rings. The molecule has 0 aliphatic carbocycles. The fourth-order valence-corrected chi connectivity index (χ4v) is 14.2. The number of carbonyl (C=O) groups is 4. The second-order valence-corrected chi connectivity index (χ2v) is 33.6. The van der Waals surface area contributed by atoms with E-state index < -0.39 is 97.5 Å². The van der Waals surface area contributed by atoms with E-state index in [2.05, 4.69) is 48.5 Å². The number of carbonyl (C=O) groups excluding carboxylic acids is 4. The zero-order valence-electron chi connectivity index (χ0n) is 66.4. The maximum atomic E-state index is 13.1. The smallest absolute Gasteiger partial charge is 0.462 e. The number of phosphoric ester groups is 2. The lowest BCUT2D eigenvalue weighted by Gasteiger charge is -2.21. The second-order valence-electron chi connectivity index (χ2n) is 30.7. The predicted molar refractivity (Wildman–Crippen MR) is 414 cm³/mol. The summed E-state index contributed by atoms with van der Waals surface area (Å²) in [6, 6.07) is 0. The zero-order valence-corrected chi connectivity index (χ0v) is 68.2. The quantitative estimate of drug-likeness (QED) is 0.0222. The van der Waals surface area contributed by atoms with Crippen molar-refractivity contribution in [1.29, 1.82) is 0 Å². The molecule has 600 valence electrons. The summed E-state index contributed by atoms with van der Waals surface area (Å²) in [5, 5.41) is 10.6. The van der Waals surface area contributed by atoms with Crippen LogP contribution >= 0.6 is 15.6 Å². The van der Waals surface area contributed by atoms with Gasteiger partial charge in [-0.25, -0.2) is 9.13 Å². The molecule has 0 saturated heterocycles. The average Bonchev–Trinajstić information content (AvgIpc) is 0.967. The minimum absolute atomic E-state index is 0.104. The fraction of sp³-hybridized carbons (Fsp3) is 0.951. The van der Waals surface area contributed by atoms with Crippen molar-refractivity contribution in [2.24, 2.45) is 17.8 Å². The molecule has 0 aromatic carbocycles. The Morgan fingerprint density at radius 2 is 0.505 bits per heavy atom. The van der Waals surface area contributed by atoms with Crippen LogP contribution < -0.4 is 0 Å². The van der Waals surface area contributed by atoms with Gasteiger partial charge in [-0.15, -0.1) is 0 Å². The van der Waals surface area contributed by atoms with Gasteiger partial charge in [0.2, 0.25) is 0 Å². The SMILES string of the molecule is CCCCCCCCCCCCCCCCCCCCCCCCC(=O)O[C@H](COC(=O)CCCCCCCCCCCCCCCCCC(C)C)COP(=O)(O)OC[C@@H](O)COP(=O)(O)OC[C@@H](COC(=O)CCCCCCCCC(C)C)OC(=O)CCCCCCCCCCC(C)CC. The minimum atomic E-state index is -4.96. The van der Waals surface area contributed by atoms with Gasteiger partial charge >= 0.3 is 39.5 Å². The Morgan fingerprint density at radius 1 is 0.287 bits per heavy atom. The molecule has 0 radical (unpaired) electrons. The molecule has 0 aromatic heterocycles. The Bertz CT molecular complexity index is 1960. The van der Waals surface area contributed by atoms with E-state index >= 15 is 0 Å². The molecule has 0 bridgehead atoms. The molecular formula is C82H160O17P2. The average molecular weight is 1480 g/mol. The van der Waals surface area contributed by atoms with Gasteiger partial charge in [-0.3, -0.25) is 37.3 Å². The van der Waals surface area contributed by atoms with Gasteiger partial charge < -0.3 is 33.8 Å². The third-order valence-electron chi connectivity index (χ3n) is 19.5. The molecule has 101 heavy (non-hydrogen) atoms. The predicted octanol–water partition coefficient (Wildman–Crippen LogP) is 24.5. The Balaban J connectivity index is 5.20. The molecule has 0 aliphatic rings. The number of esters is 4. The van der Waals surface area contributed by atoms with Crippen molar-refractivity contribution < 1.29 is 80.2 Å². The van der Waals surface area contributed by atoms with Crippen LogP contribution in [-0.2, 0) is 65.4 Å². The van der Waals surface area contributed by atoms with Crippen molar-refractivity contribution in [3.63, 3.8) is 0 Å². The number of ether oxygens (including phenoxy) is 4. The molecule has 6 atom stereocenters. The number of hydrogen-bond donors (Lipinski definition) is 3. The van der Waals surface area contributed by atoms with Gasteiger partial charge in [-0.2, -0.15) is 0 Å². The molecule has 0 spiro atoms. The first-order valence-electron chi connectivity index (χ1n) is 42.4. The lowest BCUT2D eigenvalue weighted by molar-refractivity contribution is -0.161. The first-order valence-corrected chi connectivity index (χ1v) is 45.4. The van der Waals surface area contributed by atoms with Crippen LogP contribution in [0.5, 0.6) is 0 Å². The molecule has 0 aromatic rings. The normalized spacial score (nSPS) is 14.2. The molecular weight excluding hydrogens is 1320 g/mol. The molecule has 3 N–H and O–H groups in total. The number of aliphatic hydroxyl groups excluding tert-OH is 1. The Labute approximate surface area is 619 Å². The van der Waals surface area contributed by atoms with Crippen LogP contribution in [-0.4, -0.2) is 96.7 Å².